The Labute approximate surface area is 174 Å². The number of aromatic nitrogens is 3. The van der Waals surface area contributed by atoms with E-state index in [4.69, 9.17) is 4.98 Å². The lowest BCUT2D eigenvalue weighted by atomic mass is 10.0. The maximum Gasteiger partial charge on any atom is 0.156 e. The molecule has 1 saturated heterocycles. The summed E-state index contributed by atoms with van der Waals surface area (Å²) in [4.78, 5) is 15.6. The van der Waals surface area contributed by atoms with Crippen LogP contribution in [0.1, 0.15) is 75.1 Å². The highest BCUT2D eigenvalue weighted by atomic mass is 15.2. The molecule has 2 aromatic rings. The number of H-pyrrole nitrogens is 1. The fraction of sp³-hybridized carbons (Fsp3) is 0.667. The average Bonchev–Trinajstić information content (AvgIpc) is 3.26. The summed E-state index contributed by atoms with van der Waals surface area (Å²) >= 11 is 0. The van der Waals surface area contributed by atoms with Gasteiger partial charge >= 0.3 is 0 Å². The largest absolute Gasteiger partial charge is 0.340 e. The number of aromatic amines is 1. The van der Waals surface area contributed by atoms with Crippen molar-refractivity contribution in [1.29, 1.82) is 0 Å². The highest BCUT2D eigenvalue weighted by Crippen LogP contribution is 2.39. The predicted molar refractivity (Wildman–Crippen MR) is 117 cm³/mol. The average molecular weight is 394 g/mol. The van der Waals surface area contributed by atoms with Gasteiger partial charge in [-0.05, 0) is 76.6 Å². The highest BCUT2D eigenvalue weighted by molar-refractivity contribution is 5.50. The molecule has 1 unspecified atom stereocenters. The van der Waals surface area contributed by atoms with Gasteiger partial charge in [0.05, 0.1) is 0 Å². The number of pyridine rings is 1. The van der Waals surface area contributed by atoms with E-state index < -0.39 is 0 Å². The molecule has 0 aromatic carbocycles. The molecule has 0 amide bonds. The van der Waals surface area contributed by atoms with Gasteiger partial charge in [-0.1, -0.05) is 18.9 Å². The molecule has 0 bridgehead atoms. The molecule has 3 aliphatic rings. The van der Waals surface area contributed by atoms with E-state index in [0.717, 1.165) is 36.9 Å². The molecule has 2 aromatic heterocycles. The van der Waals surface area contributed by atoms with E-state index in [0.29, 0.717) is 12.0 Å². The molecule has 2 N–H and O–H groups in total. The second-order valence-electron chi connectivity index (χ2n) is 9.31. The number of hydrogen-bond donors (Lipinski definition) is 2. The number of nitrogens with one attached hydrogen (secondary N) is 2. The van der Waals surface area contributed by atoms with Crippen LogP contribution in [0.2, 0.25) is 0 Å². The lowest BCUT2D eigenvalue weighted by molar-refractivity contribution is 0.138. The van der Waals surface area contributed by atoms with Gasteiger partial charge in [0.25, 0.3) is 0 Å². The number of piperidine rings is 1. The van der Waals surface area contributed by atoms with Gasteiger partial charge in [-0.3, -0.25) is 4.90 Å². The Hall–Kier alpha value is -1.72. The van der Waals surface area contributed by atoms with Crippen molar-refractivity contribution in [3.8, 4) is 11.5 Å². The van der Waals surface area contributed by atoms with Crippen molar-refractivity contribution in [2.45, 2.75) is 82.2 Å². The summed E-state index contributed by atoms with van der Waals surface area (Å²) in [6.07, 6.45) is 15.1. The van der Waals surface area contributed by atoms with Crippen molar-refractivity contribution in [2.24, 2.45) is 0 Å². The molecule has 2 saturated carbocycles. The minimum absolute atomic E-state index is 0.674. The molecule has 1 atom stereocenters. The van der Waals surface area contributed by atoms with E-state index in [9.17, 15) is 0 Å². The van der Waals surface area contributed by atoms with Gasteiger partial charge in [0.1, 0.15) is 5.69 Å². The normalized spacial score (nSPS) is 23.7. The summed E-state index contributed by atoms with van der Waals surface area (Å²) < 4.78 is 0. The standard InChI is InChI=1S/C24H35N5/c1-2-10-21(9-1)29-15-5-8-20(17-29)25-14-4-7-19-6-3-11-22(27-19)24-26-16-23(28-24)18-12-13-18/h3,6,11,16,18,20-21,25H,1-2,4-5,7-10,12-15,17H2,(H,26,28). The van der Waals surface area contributed by atoms with Crippen molar-refractivity contribution in [3.05, 3.63) is 35.8 Å². The van der Waals surface area contributed by atoms with Gasteiger partial charge in [-0.2, -0.15) is 0 Å². The Balaban J connectivity index is 1.08. The Morgan fingerprint density at radius 2 is 1.97 bits per heavy atom. The number of nitrogens with zero attached hydrogens (tertiary/aromatic N) is 3. The third-order valence-electron chi connectivity index (χ3n) is 7.00. The van der Waals surface area contributed by atoms with Gasteiger partial charge in [-0.25, -0.2) is 9.97 Å². The molecule has 1 aliphatic heterocycles. The van der Waals surface area contributed by atoms with Crippen LogP contribution in [0.4, 0.5) is 0 Å². The monoisotopic (exact) mass is 393 g/mol. The first kappa shape index (κ1) is 19.3. The van der Waals surface area contributed by atoms with Crippen molar-refractivity contribution in [2.75, 3.05) is 19.6 Å². The lowest BCUT2D eigenvalue weighted by Gasteiger charge is -2.37. The Bertz CT molecular complexity index is 790. The molecular weight excluding hydrogens is 358 g/mol. The quantitative estimate of drug-likeness (QED) is 0.657. The molecule has 5 nitrogen and oxygen atoms in total. The van der Waals surface area contributed by atoms with Crippen LogP contribution < -0.4 is 5.32 Å². The lowest BCUT2D eigenvalue weighted by Crippen LogP contribution is -2.49. The molecule has 2 aliphatic carbocycles. The molecule has 0 radical (unpaired) electrons. The van der Waals surface area contributed by atoms with Crippen LogP contribution in [-0.4, -0.2) is 51.6 Å². The number of likely N-dealkylation sites (tertiary alicyclic amines) is 1. The second kappa shape index (κ2) is 8.97. The summed E-state index contributed by atoms with van der Waals surface area (Å²) in [6.45, 7) is 3.65. The van der Waals surface area contributed by atoms with Crippen LogP contribution in [0, 0.1) is 0 Å². The van der Waals surface area contributed by atoms with Crippen LogP contribution in [0.15, 0.2) is 24.4 Å². The van der Waals surface area contributed by atoms with Crippen molar-refractivity contribution in [3.63, 3.8) is 0 Å². The Kier molecular flexibility index (Phi) is 5.95. The van der Waals surface area contributed by atoms with Crippen molar-refractivity contribution in [1.82, 2.24) is 25.2 Å². The van der Waals surface area contributed by atoms with Gasteiger partial charge in [0.2, 0.25) is 0 Å². The van der Waals surface area contributed by atoms with Gasteiger partial charge in [-0.15, -0.1) is 0 Å². The summed E-state index contributed by atoms with van der Waals surface area (Å²) in [5, 5.41) is 3.83. The molecule has 29 heavy (non-hydrogen) atoms. The number of rotatable bonds is 8. The summed E-state index contributed by atoms with van der Waals surface area (Å²) in [5.74, 6) is 1.62. The highest BCUT2D eigenvalue weighted by Gasteiger charge is 2.27. The summed E-state index contributed by atoms with van der Waals surface area (Å²) in [7, 11) is 0. The van der Waals surface area contributed by atoms with Crippen molar-refractivity contribution >= 4 is 0 Å². The molecule has 5 rings (SSSR count). The predicted octanol–water partition coefficient (Wildman–Crippen LogP) is 4.28. The summed E-state index contributed by atoms with van der Waals surface area (Å²) in [5.41, 5.74) is 3.42. The summed E-state index contributed by atoms with van der Waals surface area (Å²) in [6, 6.07) is 7.87. The topological polar surface area (TPSA) is 56.8 Å². The number of aryl methyl sites for hydroxylation is 1. The fourth-order valence-corrected chi connectivity index (χ4v) is 5.17. The zero-order valence-corrected chi connectivity index (χ0v) is 17.6. The maximum atomic E-state index is 4.85. The molecule has 156 valence electrons. The molecule has 5 heteroatoms. The van der Waals surface area contributed by atoms with Crippen LogP contribution in [-0.2, 0) is 6.42 Å². The number of imidazole rings is 1. The van der Waals surface area contributed by atoms with E-state index in [-0.39, 0.29) is 0 Å². The van der Waals surface area contributed by atoms with Crippen molar-refractivity contribution < 1.29 is 0 Å². The minimum atomic E-state index is 0.674. The SMILES string of the molecule is c1cc(CCCNC2CCCN(C3CCCC3)C2)nc(-c2ncc(C3CC3)[nH]2)c1. The molecule has 3 heterocycles. The van der Waals surface area contributed by atoms with Crippen LogP contribution >= 0.6 is 0 Å². The van der Waals surface area contributed by atoms with Gasteiger partial charge < -0.3 is 10.3 Å². The molecule has 0 spiro atoms. The zero-order valence-electron chi connectivity index (χ0n) is 17.6. The first-order chi connectivity index (χ1) is 14.3. The van der Waals surface area contributed by atoms with E-state index in [1.807, 2.05) is 6.20 Å². The maximum absolute atomic E-state index is 4.85. The molecule has 3 fully saturated rings. The molecular formula is C24H35N5. The first-order valence-corrected chi connectivity index (χ1v) is 11.8. The second-order valence-corrected chi connectivity index (χ2v) is 9.31. The number of hydrogen-bond acceptors (Lipinski definition) is 4. The van der Waals surface area contributed by atoms with Crippen LogP contribution in [0.5, 0.6) is 0 Å². The third-order valence-corrected chi connectivity index (χ3v) is 7.00. The minimum Gasteiger partial charge on any atom is -0.340 e. The van der Waals surface area contributed by atoms with E-state index >= 15 is 0 Å². The third kappa shape index (κ3) is 4.89. The zero-order chi connectivity index (χ0) is 19.5. The Morgan fingerprint density at radius 1 is 1.07 bits per heavy atom. The fourth-order valence-electron chi connectivity index (χ4n) is 5.17. The van der Waals surface area contributed by atoms with E-state index in [2.05, 4.69) is 38.4 Å². The Morgan fingerprint density at radius 3 is 2.83 bits per heavy atom. The van der Waals surface area contributed by atoms with Crippen LogP contribution in [0.25, 0.3) is 11.5 Å². The first-order valence-electron chi connectivity index (χ1n) is 11.8. The smallest absolute Gasteiger partial charge is 0.156 e. The van der Waals surface area contributed by atoms with Gasteiger partial charge in [0.15, 0.2) is 5.82 Å². The van der Waals surface area contributed by atoms with E-state index in [1.165, 1.54) is 75.8 Å². The van der Waals surface area contributed by atoms with E-state index in [1.54, 1.807) is 0 Å². The van der Waals surface area contributed by atoms with Crippen LogP contribution in [0.3, 0.4) is 0 Å². The van der Waals surface area contributed by atoms with Gasteiger partial charge in [0, 0.05) is 42.1 Å².